The number of rotatable bonds is 7. The van der Waals surface area contributed by atoms with Crippen LogP contribution < -0.4 is 21.1 Å². The zero-order valence-electron chi connectivity index (χ0n) is 16.1. The summed E-state index contributed by atoms with van der Waals surface area (Å²) in [6.07, 6.45) is 2.51. The molecule has 3 aromatic heterocycles. The predicted octanol–water partition coefficient (Wildman–Crippen LogP) is 3.54. The summed E-state index contributed by atoms with van der Waals surface area (Å²) >= 11 is 12.0. The highest BCUT2D eigenvalue weighted by Crippen LogP contribution is 2.28. The molecule has 0 saturated carbocycles. The molecule has 0 spiro atoms. The van der Waals surface area contributed by atoms with Gasteiger partial charge in [0.2, 0.25) is 5.88 Å². The van der Waals surface area contributed by atoms with Crippen LogP contribution in [-0.2, 0) is 4.74 Å². The molecule has 0 unspecified atom stereocenters. The van der Waals surface area contributed by atoms with Crippen LogP contribution in [0.4, 0.5) is 16.2 Å². The number of hydrogen-bond acceptors (Lipinski definition) is 7. The maximum atomic E-state index is 12.6. The van der Waals surface area contributed by atoms with Crippen molar-refractivity contribution < 1.29 is 14.3 Å². The Morgan fingerprint density at radius 3 is 2.67 bits per heavy atom. The Morgan fingerprint density at radius 1 is 1.23 bits per heavy atom. The topological polar surface area (TPSA) is 129 Å². The normalized spacial score (nSPS) is 11.6. The lowest BCUT2D eigenvalue weighted by molar-refractivity contribution is 0.114. The largest absolute Gasteiger partial charge is 0.475 e. The minimum absolute atomic E-state index is 0. The quantitative estimate of drug-likeness (QED) is 0.475. The highest BCUT2D eigenvalue weighted by atomic mass is 35.5. The summed E-state index contributed by atoms with van der Waals surface area (Å²) in [6, 6.07) is 2.57. The van der Waals surface area contributed by atoms with Crippen molar-refractivity contribution in [3.63, 3.8) is 0 Å². The number of halogens is 3. The molecule has 3 aromatic rings. The molecule has 30 heavy (non-hydrogen) atoms. The number of nitrogens with zero attached hydrogens (tertiary/aromatic N) is 4. The van der Waals surface area contributed by atoms with E-state index in [1.165, 1.54) is 23.0 Å². The van der Waals surface area contributed by atoms with Crippen LogP contribution in [0.15, 0.2) is 24.5 Å². The van der Waals surface area contributed by atoms with Crippen LogP contribution in [0, 0.1) is 0 Å². The summed E-state index contributed by atoms with van der Waals surface area (Å²) in [6.45, 7) is 2.35. The summed E-state index contributed by atoms with van der Waals surface area (Å²) in [5.74, 6) is 0.202. The molecular weight excluding hydrogens is 457 g/mol. The van der Waals surface area contributed by atoms with Gasteiger partial charge in [-0.3, -0.25) is 0 Å². The van der Waals surface area contributed by atoms with Gasteiger partial charge in [0.15, 0.2) is 10.8 Å². The van der Waals surface area contributed by atoms with Crippen molar-refractivity contribution in [2.45, 2.75) is 13.0 Å². The van der Waals surface area contributed by atoms with Gasteiger partial charge in [0, 0.05) is 25.9 Å². The van der Waals surface area contributed by atoms with Crippen molar-refractivity contribution in [3.05, 3.63) is 40.4 Å². The van der Waals surface area contributed by atoms with E-state index in [9.17, 15) is 4.79 Å². The molecular formula is C17H20Cl3N7O3. The molecule has 162 valence electrons. The van der Waals surface area contributed by atoms with E-state index in [2.05, 4.69) is 25.7 Å². The van der Waals surface area contributed by atoms with Crippen molar-refractivity contribution in [2.24, 2.45) is 5.73 Å². The molecule has 0 fully saturated rings. The van der Waals surface area contributed by atoms with Crippen molar-refractivity contribution in [1.82, 2.24) is 19.6 Å². The molecule has 0 saturated heterocycles. The van der Waals surface area contributed by atoms with E-state index >= 15 is 0 Å². The van der Waals surface area contributed by atoms with Gasteiger partial charge in [-0.2, -0.15) is 5.10 Å². The van der Waals surface area contributed by atoms with Gasteiger partial charge in [-0.15, -0.1) is 12.4 Å². The number of fused-ring (bicyclic) bond motifs is 1. The lowest BCUT2D eigenvalue weighted by Gasteiger charge is -2.17. The number of hydrogen-bond donors (Lipinski definition) is 3. The Labute approximate surface area is 188 Å². The van der Waals surface area contributed by atoms with Crippen molar-refractivity contribution in [1.29, 1.82) is 0 Å². The fraction of sp³-hybridized carbons (Fsp3) is 0.294. The first-order valence-corrected chi connectivity index (χ1v) is 9.32. The standard InChI is InChI=1S/C17H19Cl2N7O3.ClH/c1-9(28-2)15-12(8-21-14-6-13(19)25-26(14)15)24-17(27)23-11-5-10(18)7-22-16(11)29-4-3-20;/h5-9H,3-4,20H2,1-2H3,(H2,23,24,27);1H/t9-;/m0./s1. The van der Waals surface area contributed by atoms with Crippen LogP contribution >= 0.6 is 35.6 Å². The molecule has 3 heterocycles. The molecule has 0 bridgehead atoms. The van der Waals surface area contributed by atoms with Gasteiger partial charge in [0.05, 0.1) is 28.7 Å². The Hall–Kier alpha value is -2.37. The van der Waals surface area contributed by atoms with Crippen LogP contribution in [0.5, 0.6) is 5.88 Å². The number of carbonyl (C=O) groups is 1. The van der Waals surface area contributed by atoms with Gasteiger partial charge in [0.1, 0.15) is 12.3 Å². The average Bonchev–Trinajstić information content (AvgIpc) is 3.06. The third-order valence-corrected chi connectivity index (χ3v) is 4.29. The summed E-state index contributed by atoms with van der Waals surface area (Å²) in [5.41, 5.74) is 7.23. The Morgan fingerprint density at radius 2 is 1.97 bits per heavy atom. The zero-order chi connectivity index (χ0) is 21.0. The molecule has 13 heteroatoms. The van der Waals surface area contributed by atoms with Crippen LogP contribution in [0.3, 0.4) is 0 Å². The molecule has 3 rings (SSSR count). The van der Waals surface area contributed by atoms with Crippen LogP contribution in [-0.4, -0.2) is 45.9 Å². The van der Waals surface area contributed by atoms with E-state index < -0.39 is 12.1 Å². The monoisotopic (exact) mass is 475 g/mol. The number of nitrogens with two attached hydrogens (primary N) is 1. The highest BCUT2D eigenvalue weighted by Gasteiger charge is 2.19. The lowest BCUT2D eigenvalue weighted by atomic mass is 10.2. The third kappa shape index (κ3) is 5.41. The van der Waals surface area contributed by atoms with Crippen LogP contribution in [0.1, 0.15) is 18.7 Å². The number of pyridine rings is 1. The number of aromatic nitrogens is 4. The Bertz CT molecular complexity index is 1030. The lowest BCUT2D eigenvalue weighted by Crippen LogP contribution is -2.23. The van der Waals surface area contributed by atoms with Crippen molar-refractivity contribution in [3.8, 4) is 5.88 Å². The Kier molecular flexibility index (Phi) is 8.44. The zero-order valence-corrected chi connectivity index (χ0v) is 18.4. The first kappa shape index (κ1) is 23.9. The predicted molar refractivity (Wildman–Crippen MR) is 117 cm³/mol. The molecule has 0 aliphatic heterocycles. The summed E-state index contributed by atoms with van der Waals surface area (Å²) < 4.78 is 12.4. The van der Waals surface area contributed by atoms with Crippen molar-refractivity contribution >= 4 is 58.7 Å². The van der Waals surface area contributed by atoms with E-state index in [1.807, 2.05) is 6.92 Å². The highest BCUT2D eigenvalue weighted by molar-refractivity contribution is 6.31. The van der Waals surface area contributed by atoms with Gasteiger partial charge in [-0.25, -0.2) is 19.3 Å². The van der Waals surface area contributed by atoms with Crippen LogP contribution in [0.2, 0.25) is 10.2 Å². The number of nitrogens with one attached hydrogen (secondary N) is 2. The van der Waals surface area contributed by atoms with Gasteiger partial charge < -0.3 is 25.8 Å². The number of methoxy groups -OCH3 is 1. The second-order valence-electron chi connectivity index (χ2n) is 5.89. The maximum absolute atomic E-state index is 12.6. The average molecular weight is 477 g/mol. The van der Waals surface area contributed by atoms with E-state index in [1.54, 1.807) is 13.2 Å². The van der Waals surface area contributed by atoms with E-state index in [0.717, 1.165) is 0 Å². The number of anilines is 2. The fourth-order valence-corrected chi connectivity index (χ4v) is 2.92. The Balaban J connectivity index is 0.00000320. The molecule has 0 aliphatic carbocycles. The molecule has 10 nitrogen and oxygen atoms in total. The van der Waals surface area contributed by atoms with Gasteiger partial charge in [-0.1, -0.05) is 23.2 Å². The smallest absolute Gasteiger partial charge is 0.323 e. The number of ether oxygens (including phenoxy) is 2. The molecule has 0 aromatic carbocycles. The number of urea groups is 1. The minimum Gasteiger partial charge on any atom is -0.475 e. The summed E-state index contributed by atoms with van der Waals surface area (Å²) in [4.78, 5) is 20.9. The van der Waals surface area contributed by atoms with Gasteiger partial charge in [-0.05, 0) is 13.0 Å². The second-order valence-corrected chi connectivity index (χ2v) is 6.72. The molecule has 2 amide bonds. The SMILES string of the molecule is CO[C@@H](C)c1c(NC(=O)Nc2cc(Cl)cnc2OCCN)cnc2cc(Cl)nn12.Cl. The second kappa shape index (κ2) is 10.6. The summed E-state index contributed by atoms with van der Waals surface area (Å²) in [7, 11) is 1.55. The summed E-state index contributed by atoms with van der Waals surface area (Å²) in [5, 5.41) is 10.2. The van der Waals surface area contributed by atoms with Gasteiger partial charge in [0.25, 0.3) is 0 Å². The molecule has 0 aliphatic rings. The third-order valence-electron chi connectivity index (χ3n) is 3.90. The van der Waals surface area contributed by atoms with E-state index in [0.29, 0.717) is 34.3 Å². The number of amides is 2. The molecule has 4 N–H and O–H groups in total. The van der Waals surface area contributed by atoms with E-state index in [4.69, 9.17) is 38.4 Å². The molecule has 1 atom stereocenters. The van der Waals surface area contributed by atoms with E-state index in [-0.39, 0.29) is 30.0 Å². The minimum atomic E-state index is -0.560. The van der Waals surface area contributed by atoms with Gasteiger partial charge >= 0.3 is 6.03 Å². The molecule has 0 radical (unpaired) electrons. The fourth-order valence-electron chi connectivity index (χ4n) is 2.59. The maximum Gasteiger partial charge on any atom is 0.323 e. The van der Waals surface area contributed by atoms with Crippen LogP contribution in [0.25, 0.3) is 5.65 Å². The number of carbonyl (C=O) groups excluding carboxylic acids is 1. The first-order chi connectivity index (χ1) is 13.9. The first-order valence-electron chi connectivity index (χ1n) is 8.56. The van der Waals surface area contributed by atoms with Crippen molar-refractivity contribution in [2.75, 3.05) is 30.9 Å².